The van der Waals surface area contributed by atoms with Crippen LogP contribution in [-0.4, -0.2) is 49.1 Å². The lowest BCUT2D eigenvalue weighted by atomic mass is 10.4. The number of hydrogen-bond acceptors (Lipinski definition) is 4. The summed E-state index contributed by atoms with van der Waals surface area (Å²) in [5.41, 5.74) is 0. The lowest BCUT2D eigenvalue weighted by Crippen LogP contribution is -2.34. The van der Waals surface area contributed by atoms with Gasteiger partial charge in [-0.1, -0.05) is 0 Å². The molecule has 2 atom stereocenters. The lowest BCUT2D eigenvalue weighted by molar-refractivity contribution is 0.151. The van der Waals surface area contributed by atoms with Gasteiger partial charge in [0.1, 0.15) is 0 Å². The molecule has 0 fully saturated rings. The van der Waals surface area contributed by atoms with Gasteiger partial charge in [0, 0.05) is 24.4 Å². The predicted octanol–water partition coefficient (Wildman–Crippen LogP) is -1.54. The highest BCUT2D eigenvalue weighted by Gasteiger charge is 2.06. The summed E-state index contributed by atoms with van der Waals surface area (Å²) in [6.45, 7) is 1.30. The predicted molar refractivity (Wildman–Crippen MR) is 39.3 cm³/mol. The average molecular weight is 182 g/mol. The molecule has 0 heterocycles. The van der Waals surface area contributed by atoms with Crippen LogP contribution in [0, 0.1) is 0 Å². The van der Waals surface area contributed by atoms with E-state index in [1.54, 1.807) is 0 Å². The van der Waals surface area contributed by atoms with Gasteiger partial charge in [0.15, 0.2) is 0 Å². The molecule has 0 aromatic carbocycles. The van der Waals surface area contributed by atoms with Crippen molar-refractivity contribution in [3.05, 3.63) is 0 Å². The molecule has 0 radical (unpaired) electrons. The van der Waals surface area contributed by atoms with Crippen LogP contribution in [0.1, 0.15) is 6.92 Å². The van der Waals surface area contributed by atoms with Crippen LogP contribution in [0.15, 0.2) is 0 Å². The molecule has 0 rings (SSSR count). The van der Waals surface area contributed by atoms with Gasteiger partial charge in [-0.25, -0.2) is 4.31 Å². The molecule has 0 aliphatic carbocycles. The van der Waals surface area contributed by atoms with Gasteiger partial charge in [-0.2, -0.15) is 0 Å². The summed E-state index contributed by atoms with van der Waals surface area (Å²) in [6.07, 6.45) is -0.709. The first kappa shape index (κ1) is 11.0. The lowest BCUT2D eigenvalue weighted by Gasteiger charge is -2.24. The second-order valence-electron chi connectivity index (χ2n) is 2.18. The van der Waals surface area contributed by atoms with Crippen LogP contribution in [0.3, 0.4) is 0 Å². The van der Waals surface area contributed by atoms with Gasteiger partial charge in [-0.15, -0.1) is 0 Å². The maximum atomic E-state index is 10.3. The number of rotatable bonds is 5. The molecule has 0 saturated heterocycles. The van der Waals surface area contributed by atoms with Crippen LogP contribution in [0.25, 0.3) is 0 Å². The van der Waals surface area contributed by atoms with E-state index in [9.17, 15) is 8.76 Å². The van der Waals surface area contributed by atoms with E-state index < -0.39 is 17.4 Å². The van der Waals surface area contributed by atoms with Gasteiger partial charge in [0.05, 0.1) is 12.7 Å². The fourth-order valence-corrected chi connectivity index (χ4v) is 1.20. The fraction of sp³-hybridized carbons (Fsp3) is 1.00. The van der Waals surface area contributed by atoms with Crippen molar-refractivity contribution in [1.29, 1.82) is 0 Å². The largest absolute Gasteiger partial charge is 0.760 e. The van der Waals surface area contributed by atoms with Crippen LogP contribution >= 0.6 is 0 Å². The van der Waals surface area contributed by atoms with Crippen molar-refractivity contribution in [1.82, 2.24) is 4.31 Å². The van der Waals surface area contributed by atoms with Crippen LogP contribution in [-0.2, 0) is 11.3 Å². The van der Waals surface area contributed by atoms with Crippen molar-refractivity contribution in [3.8, 4) is 0 Å². The van der Waals surface area contributed by atoms with Crippen molar-refractivity contribution in [2.24, 2.45) is 0 Å². The zero-order chi connectivity index (χ0) is 8.85. The molecular formula is C5H12NO4S-. The summed E-state index contributed by atoms with van der Waals surface area (Å²) in [5.74, 6) is 0. The van der Waals surface area contributed by atoms with Crippen LogP contribution < -0.4 is 0 Å². The Hall–Kier alpha value is -0.0100. The Kier molecular flexibility index (Phi) is 5.61. The first-order chi connectivity index (χ1) is 5.07. The Bertz CT molecular complexity index is 130. The summed E-state index contributed by atoms with van der Waals surface area (Å²) in [6, 6.07) is 0. The van der Waals surface area contributed by atoms with Gasteiger partial charge in [0.25, 0.3) is 0 Å². The van der Waals surface area contributed by atoms with Gasteiger partial charge in [-0.3, -0.25) is 4.21 Å². The molecule has 0 spiro atoms. The monoisotopic (exact) mass is 182 g/mol. The summed E-state index contributed by atoms with van der Waals surface area (Å²) in [7, 11) is 0. The van der Waals surface area contributed by atoms with E-state index in [1.807, 2.05) is 0 Å². The molecule has 2 N–H and O–H groups in total. The zero-order valence-electron chi connectivity index (χ0n) is 6.27. The molecule has 0 saturated carbocycles. The Morgan fingerprint density at radius 3 is 2.55 bits per heavy atom. The van der Waals surface area contributed by atoms with E-state index in [1.165, 1.54) is 6.92 Å². The van der Waals surface area contributed by atoms with Crippen molar-refractivity contribution < 1.29 is 19.0 Å². The Labute approximate surface area is 68.1 Å². The second-order valence-corrected chi connectivity index (χ2v) is 3.13. The smallest absolute Gasteiger partial charge is 0.0648 e. The van der Waals surface area contributed by atoms with Gasteiger partial charge in [0.2, 0.25) is 0 Å². The van der Waals surface area contributed by atoms with Crippen molar-refractivity contribution >= 4 is 11.3 Å². The minimum absolute atomic E-state index is 0.0245. The minimum Gasteiger partial charge on any atom is -0.760 e. The highest BCUT2D eigenvalue weighted by Crippen LogP contribution is 1.93. The standard InChI is InChI=1S/C5H13NO4S/c1-5(8)4-6(2-3-7)11(9)10/h5,7-8H,2-4H2,1H3,(H,9,10)/p-1. The first-order valence-electron chi connectivity index (χ1n) is 3.21. The molecule has 5 nitrogen and oxygen atoms in total. The van der Waals surface area contributed by atoms with Crippen LogP contribution in [0.2, 0.25) is 0 Å². The average Bonchev–Trinajstić information content (AvgIpc) is 1.86. The Morgan fingerprint density at radius 1 is 1.73 bits per heavy atom. The Balaban J connectivity index is 3.79. The van der Waals surface area contributed by atoms with Crippen LogP contribution in [0.4, 0.5) is 0 Å². The number of aliphatic hydroxyl groups is 2. The highest BCUT2D eigenvalue weighted by atomic mass is 32.2. The number of hydrogen-bond donors (Lipinski definition) is 2. The highest BCUT2D eigenvalue weighted by molar-refractivity contribution is 7.76. The van der Waals surface area contributed by atoms with Gasteiger partial charge >= 0.3 is 0 Å². The van der Waals surface area contributed by atoms with E-state index in [4.69, 9.17) is 10.2 Å². The maximum absolute atomic E-state index is 10.3. The molecule has 0 aliphatic rings. The van der Waals surface area contributed by atoms with Crippen LogP contribution in [0.5, 0.6) is 0 Å². The van der Waals surface area contributed by atoms with Gasteiger partial charge < -0.3 is 14.8 Å². The van der Waals surface area contributed by atoms with Gasteiger partial charge in [-0.05, 0) is 6.92 Å². The second kappa shape index (κ2) is 5.62. The maximum Gasteiger partial charge on any atom is 0.0648 e. The zero-order valence-corrected chi connectivity index (χ0v) is 7.08. The molecule has 0 aromatic heterocycles. The Morgan fingerprint density at radius 2 is 2.27 bits per heavy atom. The third kappa shape index (κ3) is 5.28. The molecule has 0 aromatic rings. The topological polar surface area (TPSA) is 83.8 Å². The fourth-order valence-electron chi connectivity index (χ4n) is 0.633. The normalized spacial score (nSPS) is 16.8. The summed E-state index contributed by atoms with van der Waals surface area (Å²) in [5, 5.41) is 17.2. The summed E-state index contributed by atoms with van der Waals surface area (Å²) < 4.78 is 21.6. The van der Waals surface area contributed by atoms with E-state index in [2.05, 4.69) is 0 Å². The molecule has 0 amide bonds. The van der Waals surface area contributed by atoms with E-state index >= 15 is 0 Å². The SMILES string of the molecule is CC(O)CN(CCO)S(=O)[O-]. The number of aliphatic hydroxyl groups excluding tert-OH is 2. The minimum atomic E-state index is -2.36. The van der Waals surface area contributed by atoms with E-state index in [0.717, 1.165) is 4.31 Å². The molecule has 68 valence electrons. The summed E-state index contributed by atoms with van der Waals surface area (Å²) >= 11 is -2.36. The third-order valence-corrected chi connectivity index (χ3v) is 1.78. The molecule has 6 heteroatoms. The molecule has 0 bridgehead atoms. The quantitative estimate of drug-likeness (QED) is 0.504. The first-order valence-corrected chi connectivity index (χ1v) is 4.24. The summed E-state index contributed by atoms with van der Waals surface area (Å²) in [4.78, 5) is 0. The van der Waals surface area contributed by atoms with Crippen molar-refractivity contribution in [3.63, 3.8) is 0 Å². The van der Waals surface area contributed by atoms with Crippen molar-refractivity contribution in [2.75, 3.05) is 19.7 Å². The van der Waals surface area contributed by atoms with E-state index in [-0.39, 0.29) is 19.7 Å². The molecule has 2 unspecified atom stereocenters. The number of nitrogens with zero attached hydrogens (tertiary/aromatic N) is 1. The van der Waals surface area contributed by atoms with Crippen molar-refractivity contribution in [2.45, 2.75) is 13.0 Å². The molecule has 0 aliphatic heterocycles. The molecular weight excluding hydrogens is 170 g/mol. The molecule has 11 heavy (non-hydrogen) atoms. The third-order valence-electron chi connectivity index (χ3n) is 1.03. The van der Waals surface area contributed by atoms with E-state index in [0.29, 0.717) is 0 Å².